The Morgan fingerprint density at radius 2 is 1.74 bits per heavy atom. The first kappa shape index (κ1) is 24.3. The highest BCUT2D eigenvalue weighted by Gasteiger charge is 2.53. The number of aliphatic carboxylic acids is 1. The third-order valence-corrected chi connectivity index (χ3v) is 6.03. The van der Waals surface area contributed by atoms with Crippen LogP contribution < -0.4 is 5.32 Å². The summed E-state index contributed by atoms with van der Waals surface area (Å²) in [4.78, 5) is 24.3. The van der Waals surface area contributed by atoms with E-state index in [2.05, 4.69) is 5.32 Å². The van der Waals surface area contributed by atoms with Gasteiger partial charge in [0.2, 0.25) is 5.91 Å². The number of aliphatic hydroxyl groups excluding tert-OH is 1. The minimum Gasteiger partial charge on any atom is -0.479 e. The lowest BCUT2D eigenvalue weighted by Gasteiger charge is -2.49. The molecule has 2 aromatic rings. The van der Waals surface area contributed by atoms with Gasteiger partial charge in [-0.1, -0.05) is 60.7 Å². The molecule has 34 heavy (non-hydrogen) atoms. The Bertz CT molecular complexity index is 987. The van der Waals surface area contributed by atoms with E-state index in [1.807, 2.05) is 60.7 Å². The van der Waals surface area contributed by atoms with Gasteiger partial charge in [-0.3, -0.25) is 4.79 Å². The Labute approximate surface area is 197 Å². The zero-order valence-corrected chi connectivity index (χ0v) is 19.0. The summed E-state index contributed by atoms with van der Waals surface area (Å²) >= 11 is 0. The minimum absolute atomic E-state index is 0.0689. The van der Waals surface area contributed by atoms with Gasteiger partial charge >= 0.3 is 5.97 Å². The molecule has 0 saturated carbocycles. The van der Waals surface area contributed by atoms with Crippen LogP contribution in [0.1, 0.15) is 31.3 Å². The van der Waals surface area contributed by atoms with Gasteiger partial charge in [0.15, 0.2) is 18.2 Å². The lowest BCUT2D eigenvalue weighted by Crippen LogP contribution is -2.68. The molecule has 0 aromatic heterocycles. The van der Waals surface area contributed by atoms with Crippen molar-refractivity contribution >= 4 is 11.9 Å². The van der Waals surface area contributed by atoms with Crippen molar-refractivity contribution in [1.82, 2.24) is 5.32 Å². The molecule has 0 spiro atoms. The maximum atomic E-state index is 12.4. The molecule has 0 radical (unpaired) electrons. The second-order valence-corrected chi connectivity index (χ2v) is 8.75. The maximum absolute atomic E-state index is 12.4. The van der Waals surface area contributed by atoms with Gasteiger partial charge in [0.1, 0.15) is 24.4 Å². The van der Waals surface area contributed by atoms with Crippen LogP contribution in [0.2, 0.25) is 0 Å². The molecule has 2 aliphatic rings. The molecular formula is C25H29NO8. The fourth-order valence-corrected chi connectivity index (χ4v) is 4.35. The van der Waals surface area contributed by atoms with Gasteiger partial charge in [-0.2, -0.15) is 0 Å². The summed E-state index contributed by atoms with van der Waals surface area (Å²) in [6.45, 7) is 2.86. The van der Waals surface area contributed by atoms with Crippen LogP contribution in [0.15, 0.2) is 60.7 Å². The first-order chi connectivity index (χ1) is 16.3. The van der Waals surface area contributed by atoms with E-state index in [-0.39, 0.29) is 13.0 Å². The number of hydrogen-bond donors (Lipinski definition) is 3. The quantitative estimate of drug-likeness (QED) is 0.559. The maximum Gasteiger partial charge on any atom is 0.336 e. The van der Waals surface area contributed by atoms with Crippen LogP contribution in [0.5, 0.6) is 0 Å². The summed E-state index contributed by atoms with van der Waals surface area (Å²) in [5.74, 6) is -1.60. The molecule has 2 fully saturated rings. The molecule has 3 N–H and O–H groups in total. The number of rotatable bonds is 7. The van der Waals surface area contributed by atoms with Gasteiger partial charge in [0, 0.05) is 18.9 Å². The number of nitrogens with one attached hydrogen (secondary N) is 1. The molecule has 2 saturated heterocycles. The van der Waals surface area contributed by atoms with Crippen LogP contribution in [0.4, 0.5) is 0 Å². The molecule has 182 valence electrons. The molecular weight excluding hydrogens is 442 g/mol. The fourth-order valence-electron chi connectivity index (χ4n) is 4.35. The Kier molecular flexibility index (Phi) is 7.30. The van der Waals surface area contributed by atoms with Crippen molar-refractivity contribution in [3.8, 4) is 0 Å². The number of aliphatic hydroxyl groups is 1. The summed E-state index contributed by atoms with van der Waals surface area (Å²) < 4.78 is 23.9. The summed E-state index contributed by atoms with van der Waals surface area (Å²) in [6.07, 6.45) is -4.67. The van der Waals surface area contributed by atoms with Crippen LogP contribution in [0.3, 0.4) is 0 Å². The van der Waals surface area contributed by atoms with E-state index < -0.39 is 54.4 Å². The number of carbonyl (C=O) groups is 2. The topological polar surface area (TPSA) is 124 Å². The van der Waals surface area contributed by atoms with Crippen LogP contribution in [-0.2, 0) is 35.0 Å². The number of amides is 1. The third kappa shape index (κ3) is 5.29. The van der Waals surface area contributed by atoms with E-state index in [0.29, 0.717) is 0 Å². The summed E-state index contributed by atoms with van der Waals surface area (Å²) in [7, 11) is 0. The zero-order chi connectivity index (χ0) is 24.3. The fraction of sp³-hybridized carbons (Fsp3) is 0.440. The molecule has 7 atom stereocenters. The average Bonchev–Trinajstić information content (AvgIpc) is 2.82. The van der Waals surface area contributed by atoms with Crippen molar-refractivity contribution in [2.45, 2.75) is 62.8 Å². The standard InChI is InChI=1S/C25H29NO8/c1-15(27)26-19-21(34-25(2,24(29)30)13-16-9-5-3-6-10-16)20-18(32-22(19)28)14-31-23(33-20)17-11-7-4-8-12-17/h3-12,18-23,28H,13-14H2,1-2H3,(H,26,27)(H,29,30)/t18-,19-,20-,21-,22+,23?,25?/m1/s1. The first-order valence-corrected chi connectivity index (χ1v) is 11.1. The number of hydrogen-bond acceptors (Lipinski definition) is 7. The van der Waals surface area contributed by atoms with Crippen LogP contribution in [0, 0.1) is 0 Å². The number of carboxylic acids is 1. The van der Waals surface area contributed by atoms with E-state index >= 15 is 0 Å². The minimum atomic E-state index is -1.67. The molecule has 4 rings (SSSR count). The predicted octanol–water partition coefficient (Wildman–Crippen LogP) is 1.79. The third-order valence-electron chi connectivity index (χ3n) is 6.03. The Morgan fingerprint density at radius 3 is 2.35 bits per heavy atom. The molecule has 1 amide bonds. The SMILES string of the molecule is CC(=O)N[C@@H]1[C@@H](OC(C)(Cc2ccccc2)C(=O)O)[C@@H]2OC(c3ccccc3)OC[C@H]2O[C@@H]1O. The molecule has 2 aliphatic heterocycles. The number of carbonyl (C=O) groups excluding carboxylic acids is 1. The summed E-state index contributed by atoms with van der Waals surface area (Å²) in [6, 6.07) is 17.3. The van der Waals surface area contributed by atoms with Crippen molar-refractivity contribution < 1.29 is 38.7 Å². The van der Waals surface area contributed by atoms with Gasteiger partial charge in [0.25, 0.3) is 0 Å². The molecule has 2 aromatic carbocycles. The smallest absolute Gasteiger partial charge is 0.336 e. The zero-order valence-electron chi connectivity index (χ0n) is 19.0. The number of ether oxygens (including phenoxy) is 4. The Balaban J connectivity index is 1.66. The Hall–Kier alpha value is -2.82. The van der Waals surface area contributed by atoms with Gasteiger partial charge < -0.3 is 34.5 Å². The number of benzene rings is 2. The van der Waals surface area contributed by atoms with Crippen LogP contribution in [-0.4, -0.2) is 64.9 Å². The molecule has 9 heteroatoms. The Morgan fingerprint density at radius 1 is 1.09 bits per heavy atom. The van der Waals surface area contributed by atoms with Gasteiger partial charge in [-0.15, -0.1) is 0 Å². The summed E-state index contributed by atoms with van der Waals surface area (Å²) in [5.41, 5.74) is -0.135. The van der Waals surface area contributed by atoms with Crippen LogP contribution >= 0.6 is 0 Å². The monoisotopic (exact) mass is 471 g/mol. The van der Waals surface area contributed by atoms with Gasteiger partial charge in [0.05, 0.1) is 6.61 Å². The van der Waals surface area contributed by atoms with Crippen molar-refractivity contribution in [3.05, 3.63) is 71.8 Å². The van der Waals surface area contributed by atoms with E-state index in [1.165, 1.54) is 13.8 Å². The van der Waals surface area contributed by atoms with Crippen molar-refractivity contribution in [2.24, 2.45) is 0 Å². The largest absolute Gasteiger partial charge is 0.479 e. The second kappa shape index (κ2) is 10.2. The molecule has 2 heterocycles. The van der Waals surface area contributed by atoms with E-state index in [9.17, 15) is 19.8 Å². The number of carboxylic acid groups (broad SMARTS) is 1. The highest BCUT2D eigenvalue weighted by atomic mass is 16.7. The molecule has 0 bridgehead atoms. The van der Waals surface area contributed by atoms with E-state index in [4.69, 9.17) is 18.9 Å². The lowest BCUT2D eigenvalue weighted by molar-refractivity contribution is -0.349. The highest BCUT2D eigenvalue weighted by molar-refractivity contribution is 5.77. The summed E-state index contributed by atoms with van der Waals surface area (Å²) in [5, 5.41) is 23.4. The van der Waals surface area contributed by atoms with Gasteiger partial charge in [-0.25, -0.2) is 4.79 Å². The van der Waals surface area contributed by atoms with Crippen molar-refractivity contribution in [2.75, 3.05) is 6.61 Å². The predicted molar refractivity (Wildman–Crippen MR) is 120 cm³/mol. The molecule has 9 nitrogen and oxygen atoms in total. The van der Waals surface area contributed by atoms with E-state index in [0.717, 1.165) is 11.1 Å². The van der Waals surface area contributed by atoms with Crippen molar-refractivity contribution in [1.29, 1.82) is 0 Å². The van der Waals surface area contributed by atoms with Gasteiger partial charge in [-0.05, 0) is 12.5 Å². The molecule has 2 unspecified atom stereocenters. The average molecular weight is 472 g/mol. The normalized spacial score (nSPS) is 30.6. The van der Waals surface area contributed by atoms with Crippen LogP contribution in [0.25, 0.3) is 0 Å². The van der Waals surface area contributed by atoms with Crippen molar-refractivity contribution in [3.63, 3.8) is 0 Å². The lowest BCUT2D eigenvalue weighted by atomic mass is 9.91. The number of fused-ring (bicyclic) bond motifs is 1. The highest BCUT2D eigenvalue weighted by Crippen LogP contribution is 2.37. The second-order valence-electron chi connectivity index (χ2n) is 8.75. The first-order valence-electron chi connectivity index (χ1n) is 11.1. The van der Waals surface area contributed by atoms with E-state index in [1.54, 1.807) is 0 Å². The molecule has 0 aliphatic carbocycles.